The minimum absolute atomic E-state index is 0.113. The lowest BCUT2D eigenvalue weighted by Gasteiger charge is -2.42. The first kappa shape index (κ1) is 17.1. The molecule has 3 fully saturated rings. The summed E-state index contributed by atoms with van der Waals surface area (Å²) in [5.41, 5.74) is 0. The van der Waals surface area contributed by atoms with Crippen LogP contribution in [0.4, 0.5) is 0 Å². The summed E-state index contributed by atoms with van der Waals surface area (Å²) in [5.74, 6) is -3.54. The number of carbonyl (C=O) groups is 1. The Balaban J connectivity index is 1.84. The number of hydrogen-bond acceptors (Lipinski definition) is 7. The number of hydrogen-bond donors (Lipinski definition) is 1. The molecule has 3 heterocycles. The van der Waals surface area contributed by atoms with Crippen LogP contribution < -0.4 is 0 Å². The predicted octanol–water partition coefficient (Wildman–Crippen LogP) is 0.401. The first-order valence-electron chi connectivity index (χ1n) is 7.80. The highest BCUT2D eigenvalue weighted by Crippen LogP contribution is 2.47. The summed E-state index contributed by atoms with van der Waals surface area (Å²) in [6, 6.07) is 0. The van der Waals surface area contributed by atoms with Gasteiger partial charge in [-0.2, -0.15) is 0 Å². The fourth-order valence-corrected chi connectivity index (χ4v) is 3.63. The normalized spacial score (nSPS) is 40.9. The van der Waals surface area contributed by atoms with E-state index < -0.39 is 29.4 Å². The van der Waals surface area contributed by atoms with Gasteiger partial charge in [-0.3, -0.25) is 9.69 Å². The zero-order chi connectivity index (χ0) is 17.0. The molecule has 8 nitrogen and oxygen atoms in total. The summed E-state index contributed by atoms with van der Waals surface area (Å²) in [7, 11) is 1.71. The molecule has 0 aromatic carbocycles. The van der Waals surface area contributed by atoms with Gasteiger partial charge in [-0.05, 0) is 34.7 Å². The Morgan fingerprint density at radius 3 is 2.52 bits per heavy atom. The molecule has 0 aliphatic carbocycles. The minimum atomic E-state index is -1.07. The van der Waals surface area contributed by atoms with E-state index in [1.54, 1.807) is 11.9 Å². The molecule has 0 radical (unpaired) electrons. The van der Waals surface area contributed by atoms with Crippen molar-refractivity contribution in [2.24, 2.45) is 0 Å². The highest BCUT2D eigenvalue weighted by molar-refractivity contribution is 5.69. The van der Waals surface area contributed by atoms with Crippen LogP contribution in [0.25, 0.3) is 0 Å². The summed E-state index contributed by atoms with van der Waals surface area (Å²) in [6.07, 6.45) is -1.04. The minimum Gasteiger partial charge on any atom is -0.480 e. The molecule has 0 amide bonds. The molecule has 0 bridgehead atoms. The molecule has 0 aromatic heterocycles. The van der Waals surface area contributed by atoms with E-state index in [9.17, 15) is 4.79 Å². The Morgan fingerprint density at radius 1 is 1.17 bits per heavy atom. The van der Waals surface area contributed by atoms with Crippen LogP contribution in [-0.4, -0.2) is 78.4 Å². The van der Waals surface area contributed by atoms with Crippen molar-refractivity contribution in [3.63, 3.8) is 0 Å². The van der Waals surface area contributed by atoms with Gasteiger partial charge in [-0.25, -0.2) is 0 Å². The summed E-state index contributed by atoms with van der Waals surface area (Å²) in [5, 5.41) is 8.97. The van der Waals surface area contributed by atoms with Gasteiger partial charge in [0.05, 0.1) is 19.7 Å². The molecule has 23 heavy (non-hydrogen) atoms. The third kappa shape index (κ3) is 3.24. The number of likely N-dealkylation sites (N-methyl/N-ethyl adjacent to an activating group) is 1. The molecule has 8 heteroatoms. The van der Waals surface area contributed by atoms with E-state index >= 15 is 0 Å². The molecule has 0 aromatic rings. The van der Waals surface area contributed by atoms with Crippen molar-refractivity contribution in [2.75, 3.05) is 26.7 Å². The third-order valence-electron chi connectivity index (χ3n) is 4.17. The Bertz CT molecular complexity index is 494. The van der Waals surface area contributed by atoms with Crippen molar-refractivity contribution >= 4 is 5.97 Å². The summed E-state index contributed by atoms with van der Waals surface area (Å²) in [4.78, 5) is 12.6. The quantitative estimate of drug-likeness (QED) is 0.792. The molecular weight excluding hydrogens is 306 g/mol. The number of carboxylic acids is 1. The topological polar surface area (TPSA) is 86.7 Å². The smallest absolute Gasteiger partial charge is 0.317 e. The Kier molecular flexibility index (Phi) is 3.98. The first-order valence-corrected chi connectivity index (χ1v) is 7.80. The van der Waals surface area contributed by atoms with Crippen molar-refractivity contribution in [3.05, 3.63) is 0 Å². The number of fused-ring (bicyclic) bond motifs is 3. The van der Waals surface area contributed by atoms with Gasteiger partial charge in [-0.1, -0.05) is 0 Å². The molecule has 3 rings (SSSR count). The third-order valence-corrected chi connectivity index (χ3v) is 4.17. The van der Waals surface area contributed by atoms with E-state index in [-0.39, 0.29) is 25.3 Å². The SMILES string of the molecule is CN(CC(=O)O)C[C@@]12OC[C@H]3OC(C)(C)O[C@H]3[C@@H]1OC(C)(C)O2. The standard InChI is InChI=1S/C15H25NO7/c1-13(2)20-9-7-19-15(8-16(5)6-10(17)18)12(11(9)21-13)22-14(3,4)23-15/h9,11-12H,6-8H2,1-5H3,(H,17,18)/t9-,11-,12+,15+/m1/s1. The second kappa shape index (κ2) is 5.37. The number of rotatable bonds is 4. The van der Waals surface area contributed by atoms with Crippen LogP contribution in [0, 0.1) is 0 Å². The maximum Gasteiger partial charge on any atom is 0.317 e. The molecular formula is C15H25NO7. The first-order chi connectivity index (χ1) is 10.5. The van der Waals surface area contributed by atoms with Gasteiger partial charge in [-0.15, -0.1) is 0 Å². The van der Waals surface area contributed by atoms with E-state index in [2.05, 4.69) is 0 Å². The molecule has 3 saturated heterocycles. The second-order valence-electron chi connectivity index (χ2n) is 7.37. The van der Waals surface area contributed by atoms with Crippen molar-refractivity contribution in [1.29, 1.82) is 0 Å². The highest BCUT2D eigenvalue weighted by Gasteiger charge is 2.65. The lowest BCUT2D eigenvalue weighted by atomic mass is 9.96. The highest BCUT2D eigenvalue weighted by atomic mass is 16.9. The summed E-state index contributed by atoms with van der Waals surface area (Å²) in [6.45, 7) is 7.78. The largest absolute Gasteiger partial charge is 0.480 e. The van der Waals surface area contributed by atoms with Crippen molar-refractivity contribution in [3.8, 4) is 0 Å². The molecule has 0 saturated carbocycles. The maximum atomic E-state index is 10.9. The zero-order valence-corrected chi connectivity index (χ0v) is 14.2. The van der Waals surface area contributed by atoms with Crippen LogP contribution in [-0.2, 0) is 28.5 Å². The molecule has 3 aliphatic heterocycles. The average molecular weight is 331 g/mol. The van der Waals surface area contributed by atoms with Crippen LogP contribution in [0.2, 0.25) is 0 Å². The van der Waals surface area contributed by atoms with E-state index in [0.717, 1.165) is 0 Å². The average Bonchev–Trinajstić information content (AvgIpc) is 2.79. The monoisotopic (exact) mass is 331 g/mol. The fourth-order valence-electron chi connectivity index (χ4n) is 3.63. The number of carboxylic acid groups (broad SMARTS) is 1. The van der Waals surface area contributed by atoms with Gasteiger partial charge in [0.25, 0.3) is 0 Å². The van der Waals surface area contributed by atoms with Crippen molar-refractivity contribution < 1.29 is 33.6 Å². The second-order valence-corrected chi connectivity index (χ2v) is 7.37. The van der Waals surface area contributed by atoms with Gasteiger partial charge >= 0.3 is 5.97 Å². The van der Waals surface area contributed by atoms with Gasteiger partial charge < -0.3 is 28.8 Å². The molecule has 132 valence electrons. The molecule has 3 aliphatic rings. The van der Waals surface area contributed by atoms with Crippen molar-refractivity contribution in [2.45, 2.75) is 63.4 Å². The Morgan fingerprint density at radius 2 is 1.87 bits per heavy atom. The molecule has 4 atom stereocenters. The van der Waals surface area contributed by atoms with E-state index in [1.807, 2.05) is 27.7 Å². The lowest BCUT2D eigenvalue weighted by molar-refractivity contribution is -0.285. The lowest BCUT2D eigenvalue weighted by Crippen LogP contribution is -2.62. The zero-order valence-electron chi connectivity index (χ0n) is 14.2. The number of ether oxygens (including phenoxy) is 5. The van der Waals surface area contributed by atoms with Gasteiger partial charge in [0.1, 0.15) is 18.3 Å². The van der Waals surface area contributed by atoms with Gasteiger partial charge in [0.15, 0.2) is 11.6 Å². The summed E-state index contributed by atoms with van der Waals surface area (Å²) >= 11 is 0. The van der Waals surface area contributed by atoms with Crippen LogP contribution in [0.1, 0.15) is 27.7 Å². The van der Waals surface area contributed by atoms with Crippen LogP contribution >= 0.6 is 0 Å². The van der Waals surface area contributed by atoms with Crippen LogP contribution in [0.3, 0.4) is 0 Å². The van der Waals surface area contributed by atoms with Crippen LogP contribution in [0.15, 0.2) is 0 Å². The maximum absolute atomic E-state index is 10.9. The van der Waals surface area contributed by atoms with Crippen molar-refractivity contribution in [1.82, 2.24) is 4.90 Å². The molecule has 1 N–H and O–H groups in total. The fraction of sp³-hybridized carbons (Fsp3) is 0.933. The Hall–Kier alpha value is -0.770. The Labute approximate surface area is 135 Å². The number of nitrogens with zero attached hydrogens (tertiary/aromatic N) is 1. The van der Waals surface area contributed by atoms with Gasteiger partial charge in [0, 0.05) is 0 Å². The predicted molar refractivity (Wildman–Crippen MR) is 77.7 cm³/mol. The van der Waals surface area contributed by atoms with Crippen LogP contribution in [0.5, 0.6) is 0 Å². The summed E-state index contributed by atoms with van der Waals surface area (Å²) < 4.78 is 30.0. The van der Waals surface area contributed by atoms with E-state index in [4.69, 9.17) is 28.8 Å². The molecule has 0 spiro atoms. The number of aliphatic carboxylic acids is 1. The molecule has 0 unspecified atom stereocenters. The van der Waals surface area contributed by atoms with E-state index in [1.165, 1.54) is 0 Å². The van der Waals surface area contributed by atoms with E-state index in [0.29, 0.717) is 6.61 Å². The van der Waals surface area contributed by atoms with Gasteiger partial charge in [0.2, 0.25) is 5.79 Å².